The highest BCUT2D eigenvalue weighted by atomic mass is 32.1. The lowest BCUT2D eigenvalue weighted by molar-refractivity contribution is 0.100. The molecule has 2 aliphatic rings. The summed E-state index contributed by atoms with van der Waals surface area (Å²) in [5.41, 5.74) is 1.61. The number of thiazole rings is 1. The van der Waals surface area contributed by atoms with Crippen molar-refractivity contribution < 1.29 is 0 Å². The normalized spacial score (nSPS) is 23.8. The minimum Gasteiger partial charge on any atom is -0.309 e. The summed E-state index contributed by atoms with van der Waals surface area (Å²) in [6.07, 6.45) is 8.12. The molecule has 106 valence electrons. The molecule has 1 aromatic heterocycles. The van der Waals surface area contributed by atoms with Crippen LogP contribution in [0.5, 0.6) is 0 Å². The van der Waals surface area contributed by atoms with Gasteiger partial charge in [0.2, 0.25) is 0 Å². The molecule has 1 N–H and O–H groups in total. The summed E-state index contributed by atoms with van der Waals surface area (Å²) in [7, 11) is 0. The van der Waals surface area contributed by atoms with Crippen LogP contribution in [0.4, 0.5) is 0 Å². The summed E-state index contributed by atoms with van der Waals surface area (Å²) in [5, 5.41) is 7.27. The third-order valence-corrected chi connectivity index (χ3v) is 5.60. The average molecular weight is 279 g/mol. The number of rotatable bonds is 3. The Balaban J connectivity index is 1.53. The van der Waals surface area contributed by atoms with Gasteiger partial charge in [0.25, 0.3) is 0 Å². The Kier molecular flexibility index (Phi) is 4.20. The molecule has 0 atom stereocenters. The van der Waals surface area contributed by atoms with E-state index in [4.69, 9.17) is 0 Å². The molecule has 2 heterocycles. The molecule has 0 amide bonds. The fraction of sp³-hybridized carbons (Fsp3) is 0.800. The zero-order valence-corrected chi connectivity index (χ0v) is 12.8. The molecule has 1 aliphatic carbocycles. The van der Waals surface area contributed by atoms with Gasteiger partial charge < -0.3 is 5.32 Å². The van der Waals surface area contributed by atoms with E-state index in [-0.39, 0.29) is 0 Å². The fourth-order valence-corrected chi connectivity index (χ4v) is 4.33. The molecule has 1 spiro atoms. The third kappa shape index (κ3) is 3.36. The van der Waals surface area contributed by atoms with E-state index in [1.807, 2.05) is 11.3 Å². The molecule has 1 saturated heterocycles. The number of aromatic nitrogens is 1. The number of piperazine rings is 1. The van der Waals surface area contributed by atoms with E-state index < -0.39 is 0 Å². The van der Waals surface area contributed by atoms with Crippen molar-refractivity contribution in [2.24, 2.45) is 0 Å². The van der Waals surface area contributed by atoms with Gasteiger partial charge in [-0.2, -0.15) is 0 Å². The second-order valence-electron chi connectivity index (χ2n) is 6.18. The SMILES string of the molecule is Cc1csc(CCN2CCNC3(CCCCC3)C2)n1. The maximum atomic E-state index is 4.58. The van der Waals surface area contributed by atoms with E-state index in [0.717, 1.165) is 13.0 Å². The minimum absolute atomic E-state index is 0.440. The zero-order valence-electron chi connectivity index (χ0n) is 12.0. The van der Waals surface area contributed by atoms with Crippen molar-refractivity contribution in [1.29, 1.82) is 0 Å². The Morgan fingerprint density at radius 1 is 1.37 bits per heavy atom. The molecule has 0 unspecified atom stereocenters. The Morgan fingerprint density at radius 3 is 2.95 bits per heavy atom. The van der Waals surface area contributed by atoms with Gasteiger partial charge in [-0.3, -0.25) is 4.90 Å². The van der Waals surface area contributed by atoms with Crippen LogP contribution in [0.15, 0.2) is 5.38 Å². The van der Waals surface area contributed by atoms with Crippen LogP contribution in [0.3, 0.4) is 0 Å². The molecule has 1 saturated carbocycles. The first-order valence-electron chi connectivity index (χ1n) is 7.64. The summed E-state index contributed by atoms with van der Waals surface area (Å²) >= 11 is 1.81. The highest BCUT2D eigenvalue weighted by molar-refractivity contribution is 7.09. The summed E-state index contributed by atoms with van der Waals surface area (Å²) in [6.45, 7) is 6.87. The molecule has 1 aromatic rings. The largest absolute Gasteiger partial charge is 0.309 e. The molecule has 2 fully saturated rings. The van der Waals surface area contributed by atoms with Gasteiger partial charge >= 0.3 is 0 Å². The van der Waals surface area contributed by atoms with E-state index in [1.54, 1.807) is 0 Å². The number of nitrogens with zero attached hydrogens (tertiary/aromatic N) is 2. The zero-order chi connectivity index (χ0) is 13.1. The summed E-state index contributed by atoms with van der Waals surface area (Å²) < 4.78 is 0. The van der Waals surface area contributed by atoms with Gasteiger partial charge in [0, 0.05) is 49.2 Å². The second-order valence-corrected chi connectivity index (χ2v) is 7.12. The molecule has 3 rings (SSSR count). The predicted octanol–water partition coefficient (Wildman–Crippen LogP) is 2.60. The van der Waals surface area contributed by atoms with Gasteiger partial charge in [0.05, 0.1) is 5.01 Å². The van der Waals surface area contributed by atoms with E-state index in [0.29, 0.717) is 5.54 Å². The quantitative estimate of drug-likeness (QED) is 0.922. The molecule has 0 bridgehead atoms. The Labute approximate surface area is 120 Å². The van der Waals surface area contributed by atoms with Crippen LogP contribution < -0.4 is 5.32 Å². The number of hydrogen-bond donors (Lipinski definition) is 1. The van der Waals surface area contributed by atoms with E-state index in [1.165, 1.54) is 62.4 Å². The van der Waals surface area contributed by atoms with Crippen LogP contribution in [0, 0.1) is 6.92 Å². The van der Waals surface area contributed by atoms with Crippen molar-refractivity contribution in [3.05, 3.63) is 16.1 Å². The van der Waals surface area contributed by atoms with Crippen molar-refractivity contribution >= 4 is 11.3 Å². The number of hydrogen-bond acceptors (Lipinski definition) is 4. The summed E-state index contributed by atoms with van der Waals surface area (Å²) in [6, 6.07) is 0. The molecule has 0 aromatic carbocycles. The first-order chi connectivity index (χ1) is 9.26. The van der Waals surface area contributed by atoms with Crippen LogP contribution in [0.2, 0.25) is 0 Å². The van der Waals surface area contributed by atoms with E-state index in [9.17, 15) is 0 Å². The second kappa shape index (κ2) is 5.90. The predicted molar refractivity (Wildman–Crippen MR) is 80.8 cm³/mol. The van der Waals surface area contributed by atoms with Crippen molar-refractivity contribution in [2.45, 2.75) is 51.0 Å². The lowest BCUT2D eigenvalue weighted by Crippen LogP contribution is -2.61. The third-order valence-electron chi connectivity index (χ3n) is 4.57. The Bertz CT molecular complexity index is 404. The maximum Gasteiger partial charge on any atom is 0.0940 e. The average Bonchev–Trinajstić information content (AvgIpc) is 2.83. The van der Waals surface area contributed by atoms with Crippen molar-refractivity contribution in [2.75, 3.05) is 26.2 Å². The molecular formula is C15H25N3S. The van der Waals surface area contributed by atoms with Crippen LogP contribution in [-0.4, -0.2) is 41.6 Å². The molecule has 0 radical (unpaired) electrons. The lowest BCUT2D eigenvalue weighted by Gasteiger charge is -2.46. The van der Waals surface area contributed by atoms with Crippen molar-refractivity contribution in [3.63, 3.8) is 0 Å². The molecule has 1 aliphatic heterocycles. The maximum absolute atomic E-state index is 4.58. The fourth-order valence-electron chi connectivity index (χ4n) is 3.57. The Hall–Kier alpha value is -0.450. The minimum atomic E-state index is 0.440. The van der Waals surface area contributed by atoms with Crippen LogP contribution in [-0.2, 0) is 6.42 Å². The summed E-state index contributed by atoms with van der Waals surface area (Å²) in [4.78, 5) is 7.23. The topological polar surface area (TPSA) is 28.2 Å². The van der Waals surface area contributed by atoms with Gasteiger partial charge in [-0.25, -0.2) is 4.98 Å². The highest BCUT2D eigenvalue weighted by Gasteiger charge is 2.35. The molecule has 19 heavy (non-hydrogen) atoms. The molecule has 4 heteroatoms. The molecular weight excluding hydrogens is 254 g/mol. The van der Waals surface area contributed by atoms with E-state index in [2.05, 4.69) is 27.5 Å². The van der Waals surface area contributed by atoms with Crippen LogP contribution in [0.25, 0.3) is 0 Å². The van der Waals surface area contributed by atoms with Crippen molar-refractivity contribution in [1.82, 2.24) is 15.2 Å². The first-order valence-corrected chi connectivity index (χ1v) is 8.52. The number of nitrogens with one attached hydrogen (secondary N) is 1. The lowest BCUT2D eigenvalue weighted by atomic mass is 9.80. The first kappa shape index (κ1) is 13.5. The van der Waals surface area contributed by atoms with Gasteiger partial charge in [0.1, 0.15) is 0 Å². The highest BCUT2D eigenvalue weighted by Crippen LogP contribution is 2.30. The van der Waals surface area contributed by atoms with Gasteiger partial charge in [-0.1, -0.05) is 19.3 Å². The smallest absolute Gasteiger partial charge is 0.0940 e. The van der Waals surface area contributed by atoms with Crippen LogP contribution in [0.1, 0.15) is 42.8 Å². The van der Waals surface area contributed by atoms with Crippen LogP contribution >= 0.6 is 11.3 Å². The van der Waals surface area contributed by atoms with Gasteiger partial charge in [-0.05, 0) is 19.8 Å². The number of aryl methyl sites for hydroxylation is 1. The molecule has 3 nitrogen and oxygen atoms in total. The monoisotopic (exact) mass is 279 g/mol. The standard InChI is InChI=1S/C15H25N3S/c1-13-11-19-14(17-13)5-9-18-10-8-16-15(12-18)6-3-2-4-7-15/h11,16H,2-10,12H2,1H3. The van der Waals surface area contributed by atoms with Gasteiger partial charge in [-0.15, -0.1) is 11.3 Å². The van der Waals surface area contributed by atoms with Gasteiger partial charge in [0.15, 0.2) is 0 Å². The van der Waals surface area contributed by atoms with E-state index >= 15 is 0 Å². The van der Waals surface area contributed by atoms with Crippen molar-refractivity contribution in [3.8, 4) is 0 Å². The Morgan fingerprint density at radius 2 is 2.21 bits per heavy atom. The summed E-state index contributed by atoms with van der Waals surface area (Å²) in [5.74, 6) is 0.